The summed E-state index contributed by atoms with van der Waals surface area (Å²) >= 11 is 3.29. The highest BCUT2D eigenvalue weighted by molar-refractivity contribution is 9.10. The fraction of sp³-hybridized carbons (Fsp3) is 0.571. The molecule has 1 aliphatic rings. The van der Waals surface area contributed by atoms with Gasteiger partial charge in [0.1, 0.15) is 17.7 Å². The zero-order valence-electron chi connectivity index (χ0n) is 11.0. The van der Waals surface area contributed by atoms with Crippen LogP contribution in [0, 0.1) is 5.82 Å². The Morgan fingerprint density at radius 1 is 1.58 bits per heavy atom. The molecule has 2 atom stereocenters. The van der Waals surface area contributed by atoms with Gasteiger partial charge in [0.2, 0.25) is 0 Å². The van der Waals surface area contributed by atoms with Gasteiger partial charge in [0, 0.05) is 19.7 Å². The molecule has 19 heavy (non-hydrogen) atoms. The van der Waals surface area contributed by atoms with Gasteiger partial charge in [-0.05, 0) is 53.9 Å². The third-order valence-electron chi connectivity index (χ3n) is 3.05. The number of benzene rings is 1. The van der Waals surface area contributed by atoms with Crippen molar-refractivity contribution < 1.29 is 13.9 Å². The molecule has 0 aliphatic carbocycles. The molecule has 1 aromatic rings. The van der Waals surface area contributed by atoms with Gasteiger partial charge in [0.15, 0.2) is 0 Å². The Hall–Kier alpha value is -0.650. The molecule has 0 spiro atoms. The van der Waals surface area contributed by atoms with Gasteiger partial charge in [0.25, 0.3) is 0 Å². The smallest absolute Gasteiger partial charge is 0.134 e. The molecule has 1 saturated heterocycles. The van der Waals surface area contributed by atoms with Crippen molar-refractivity contribution in [3.05, 3.63) is 28.5 Å². The van der Waals surface area contributed by atoms with Crippen molar-refractivity contribution in [3.63, 3.8) is 0 Å². The van der Waals surface area contributed by atoms with Gasteiger partial charge >= 0.3 is 0 Å². The Balaban J connectivity index is 1.72. The van der Waals surface area contributed by atoms with Crippen LogP contribution in [-0.2, 0) is 4.74 Å². The molecule has 0 aromatic heterocycles. The van der Waals surface area contributed by atoms with Crippen molar-refractivity contribution in [1.82, 2.24) is 5.32 Å². The molecule has 1 fully saturated rings. The number of halogens is 2. The quantitative estimate of drug-likeness (QED) is 0.868. The number of hydrogen-bond donors (Lipinski definition) is 1. The monoisotopic (exact) mass is 331 g/mol. The average Bonchev–Trinajstić information content (AvgIpc) is 2.86. The zero-order valence-corrected chi connectivity index (χ0v) is 12.6. The lowest BCUT2D eigenvalue weighted by Crippen LogP contribution is -2.34. The van der Waals surface area contributed by atoms with Gasteiger partial charge < -0.3 is 14.8 Å². The maximum atomic E-state index is 12.9. The highest BCUT2D eigenvalue weighted by Crippen LogP contribution is 2.26. The van der Waals surface area contributed by atoms with E-state index >= 15 is 0 Å². The predicted molar refractivity (Wildman–Crippen MR) is 76.0 cm³/mol. The van der Waals surface area contributed by atoms with E-state index in [0.717, 1.165) is 32.5 Å². The fourth-order valence-electron chi connectivity index (χ4n) is 2.08. The minimum atomic E-state index is -0.275. The van der Waals surface area contributed by atoms with Gasteiger partial charge in [-0.2, -0.15) is 0 Å². The van der Waals surface area contributed by atoms with Gasteiger partial charge in [-0.25, -0.2) is 4.39 Å². The Morgan fingerprint density at radius 3 is 3.11 bits per heavy atom. The van der Waals surface area contributed by atoms with E-state index in [4.69, 9.17) is 9.47 Å². The lowest BCUT2D eigenvalue weighted by atomic mass is 10.2. The van der Waals surface area contributed by atoms with Crippen molar-refractivity contribution in [2.45, 2.75) is 32.0 Å². The van der Waals surface area contributed by atoms with Crippen molar-refractivity contribution in [1.29, 1.82) is 0 Å². The van der Waals surface area contributed by atoms with Gasteiger partial charge in [0.05, 0.1) is 10.6 Å². The van der Waals surface area contributed by atoms with E-state index in [9.17, 15) is 4.39 Å². The lowest BCUT2D eigenvalue weighted by Gasteiger charge is -2.18. The standard InChI is InChI=1S/C14H19BrFNO2/c1-10(8-17-9-12-3-2-6-18-12)19-14-5-4-11(16)7-13(14)15/h4-5,7,10,12,17H,2-3,6,8-9H2,1H3. The van der Waals surface area contributed by atoms with Crippen LogP contribution in [0.5, 0.6) is 5.75 Å². The number of rotatable bonds is 6. The van der Waals surface area contributed by atoms with Crippen LogP contribution in [-0.4, -0.2) is 31.9 Å². The highest BCUT2D eigenvalue weighted by Gasteiger charge is 2.15. The van der Waals surface area contributed by atoms with Crippen molar-refractivity contribution in [3.8, 4) is 5.75 Å². The number of ether oxygens (including phenoxy) is 2. The predicted octanol–water partition coefficient (Wildman–Crippen LogP) is 3.12. The summed E-state index contributed by atoms with van der Waals surface area (Å²) in [5.41, 5.74) is 0. The van der Waals surface area contributed by atoms with E-state index < -0.39 is 0 Å². The zero-order chi connectivity index (χ0) is 13.7. The van der Waals surface area contributed by atoms with Crippen LogP contribution in [0.3, 0.4) is 0 Å². The number of nitrogens with one attached hydrogen (secondary N) is 1. The molecule has 0 amide bonds. The summed E-state index contributed by atoms with van der Waals surface area (Å²) in [6.45, 7) is 4.46. The van der Waals surface area contributed by atoms with Crippen LogP contribution in [0.15, 0.2) is 22.7 Å². The first-order valence-electron chi connectivity index (χ1n) is 6.59. The van der Waals surface area contributed by atoms with Crippen LogP contribution >= 0.6 is 15.9 Å². The topological polar surface area (TPSA) is 30.5 Å². The van der Waals surface area contributed by atoms with E-state index in [0.29, 0.717) is 16.3 Å². The molecular weight excluding hydrogens is 313 g/mol. The SMILES string of the molecule is CC(CNCC1CCCO1)Oc1ccc(F)cc1Br. The van der Waals surface area contributed by atoms with E-state index in [-0.39, 0.29) is 11.9 Å². The summed E-state index contributed by atoms with van der Waals surface area (Å²) in [5.74, 6) is 0.385. The second-order valence-electron chi connectivity index (χ2n) is 4.80. The molecule has 2 rings (SSSR count). The van der Waals surface area contributed by atoms with E-state index in [2.05, 4.69) is 21.2 Å². The third-order valence-corrected chi connectivity index (χ3v) is 3.67. The first kappa shape index (κ1) is 14.8. The molecule has 106 valence electrons. The fourth-order valence-corrected chi connectivity index (χ4v) is 2.53. The number of hydrogen-bond acceptors (Lipinski definition) is 3. The molecule has 0 radical (unpaired) electrons. The lowest BCUT2D eigenvalue weighted by molar-refractivity contribution is 0.106. The minimum Gasteiger partial charge on any atom is -0.488 e. The van der Waals surface area contributed by atoms with Gasteiger partial charge in [-0.3, -0.25) is 0 Å². The largest absolute Gasteiger partial charge is 0.488 e. The highest BCUT2D eigenvalue weighted by atomic mass is 79.9. The molecule has 1 aliphatic heterocycles. The van der Waals surface area contributed by atoms with Crippen LogP contribution in [0.25, 0.3) is 0 Å². The van der Waals surface area contributed by atoms with Crippen molar-refractivity contribution in [2.24, 2.45) is 0 Å². The van der Waals surface area contributed by atoms with Crippen LogP contribution in [0.2, 0.25) is 0 Å². The molecule has 1 N–H and O–H groups in total. The van der Waals surface area contributed by atoms with E-state index in [1.54, 1.807) is 6.07 Å². The molecule has 5 heteroatoms. The van der Waals surface area contributed by atoms with Crippen molar-refractivity contribution in [2.75, 3.05) is 19.7 Å². The minimum absolute atomic E-state index is 0.0168. The van der Waals surface area contributed by atoms with Crippen LogP contribution in [0.1, 0.15) is 19.8 Å². The van der Waals surface area contributed by atoms with E-state index in [1.165, 1.54) is 12.1 Å². The third kappa shape index (κ3) is 4.75. The summed E-state index contributed by atoms with van der Waals surface area (Å²) < 4.78 is 24.9. The Bertz CT molecular complexity index is 410. The van der Waals surface area contributed by atoms with Crippen molar-refractivity contribution >= 4 is 15.9 Å². The van der Waals surface area contributed by atoms with Gasteiger partial charge in [-0.1, -0.05) is 0 Å². The summed E-state index contributed by atoms with van der Waals surface area (Å²) in [6.07, 6.45) is 2.64. The second kappa shape index (κ2) is 7.22. The van der Waals surface area contributed by atoms with E-state index in [1.807, 2.05) is 6.92 Å². The Kier molecular flexibility index (Phi) is 5.60. The molecule has 0 saturated carbocycles. The molecule has 2 unspecified atom stereocenters. The molecule has 1 aromatic carbocycles. The maximum Gasteiger partial charge on any atom is 0.134 e. The molecule has 3 nitrogen and oxygen atoms in total. The summed E-state index contributed by atoms with van der Waals surface area (Å²) in [6, 6.07) is 4.43. The summed E-state index contributed by atoms with van der Waals surface area (Å²) in [7, 11) is 0. The maximum absolute atomic E-state index is 12.9. The average molecular weight is 332 g/mol. The molecular formula is C14H19BrFNO2. The second-order valence-corrected chi connectivity index (χ2v) is 5.65. The normalized spacial score (nSPS) is 20.5. The van der Waals surface area contributed by atoms with Gasteiger partial charge in [-0.15, -0.1) is 0 Å². The summed E-state index contributed by atoms with van der Waals surface area (Å²) in [5, 5.41) is 3.34. The van der Waals surface area contributed by atoms with Crippen LogP contribution in [0.4, 0.5) is 4.39 Å². The molecule has 1 heterocycles. The first-order chi connectivity index (χ1) is 9.15. The first-order valence-corrected chi connectivity index (χ1v) is 7.38. The Morgan fingerprint density at radius 2 is 2.42 bits per heavy atom. The summed E-state index contributed by atoms with van der Waals surface area (Å²) in [4.78, 5) is 0. The Labute approximate surface area is 121 Å². The molecule has 0 bridgehead atoms. The van der Waals surface area contributed by atoms with Crippen LogP contribution < -0.4 is 10.1 Å².